The molecule has 0 aliphatic rings. The van der Waals surface area contributed by atoms with Gasteiger partial charge in [-0.15, -0.1) is 0 Å². The molecule has 0 aliphatic heterocycles. The molecule has 3 amide bonds. The van der Waals surface area contributed by atoms with Gasteiger partial charge in [0.25, 0.3) is 5.91 Å². The number of hydrogen-bond donors (Lipinski definition) is 2. The van der Waals surface area contributed by atoms with Crippen molar-refractivity contribution in [3.63, 3.8) is 0 Å². The molecule has 0 aliphatic carbocycles. The summed E-state index contributed by atoms with van der Waals surface area (Å²) in [5, 5.41) is 3.26. The van der Waals surface area contributed by atoms with Crippen LogP contribution in [-0.4, -0.2) is 11.9 Å². The normalized spacial score (nSPS) is 9.74. The first kappa shape index (κ1) is 16.0. The summed E-state index contributed by atoms with van der Waals surface area (Å²) in [7, 11) is 0. The molecule has 1 rings (SSSR count). The number of rotatable bonds is 2. The van der Waals surface area contributed by atoms with E-state index in [1.54, 1.807) is 0 Å². The van der Waals surface area contributed by atoms with Crippen LogP contribution in [-0.2, 0) is 0 Å². The van der Waals surface area contributed by atoms with Crippen LogP contribution in [0, 0.1) is 5.82 Å². The molecule has 0 radical (unpaired) electrons. The van der Waals surface area contributed by atoms with E-state index in [4.69, 9.17) is 46.4 Å². The maximum atomic E-state index is 13.4. The van der Waals surface area contributed by atoms with E-state index in [0.717, 1.165) is 6.07 Å². The van der Waals surface area contributed by atoms with Gasteiger partial charge in [-0.1, -0.05) is 52.5 Å². The Labute approximate surface area is 127 Å². The standard InChI is InChI=1S/C10H5Cl4FN2O2/c11-4-2-1-3-5(15)6(4)9(18)17-10(19)16-8(14)7(12)13/h1-3H,(H2,16,17,18,19). The van der Waals surface area contributed by atoms with E-state index in [9.17, 15) is 14.0 Å². The van der Waals surface area contributed by atoms with E-state index in [-0.39, 0.29) is 10.2 Å². The van der Waals surface area contributed by atoms with Crippen LogP contribution in [0.2, 0.25) is 5.02 Å². The van der Waals surface area contributed by atoms with Crippen molar-refractivity contribution in [2.24, 2.45) is 0 Å². The highest BCUT2D eigenvalue weighted by molar-refractivity contribution is 6.59. The summed E-state index contributed by atoms with van der Waals surface area (Å²) < 4.78 is 13.0. The summed E-state index contributed by atoms with van der Waals surface area (Å²) in [5.74, 6) is -1.90. The molecule has 2 N–H and O–H groups in total. The second kappa shape index (κ2) is 6.96. The molecule has 0 bridgehead atoms. The summed E-state index contributed by atoms with van der Waals surface area (Å²) in [6.45, 7) is 0. The summed E-state index contributed by atoms with van der Waals surface area (Å²) in [4.78, 5) is 22.9. The lowest BCUT2D eigenvalue weighted by atomic mass is 10.2. The highest BCUT2D eigenvalue weighted by Crippen LogP contribution is 2.19. The molecule has 9 heteroatoms. The van der Waals surface area contributed by atoms with Gasteiger partial charge in [-0.25, -0.2) is 9.18 Å². The molecule has 0 saturated heterocycles. The van der Waals surface area contributed by atoms with Crippen molar-refractivity contribution >= 4 is 58.3 Å². The van der Waals surface area contributed by atoms with Crippen molar-refractivity contribution in [2.75, 3.05) is 0 Å². The lowest BCUT2D eigenvalue weighted by molar-refractivity contribution is 0.0961. The van der Waals surface area contributed by atoms with Crippen LogP contribution < -0.4 is 10.6 Å². The van der Waals surface area contributed by atoms with Crippen molar-refractivity contribution in [3.05, 3.63) is 44.3 Å². The fourth-order valence-corrected chi connectivity index (χ4v) is 1.49. The molecule has 0 saturated carbocycles. The van der Waals surface area contributed by atoms with Gasteiger partial charge in [-0.2, -0.15) is 0 Å². The number of halogens is 5. The Morgan fingerprint density at radius 1 is 1.11 bits per heavy atom. The number of hydrogen-bond acceptors (Lipinski definition) is 2. The number of nitrogens with one attached hydrogen (secondary N) is 2. The van der Waals surface area contributed by atoms with E-state index >= 15 is 0 Å². The van der Waals surface area contributed by atoms with Gasteiger partial charge in [0.1, 0.15) is 15.5 Å². The van der Waals surface area contributed by atoms with E-state index in [1.165, 1.54) is 12.1 Å². The van der Waals surface area contributed by atoms with Gasteiger partial charge in [0.2, 0.25) is 0 Å². The Morgan fingerprint density at radius 2 is 1.74 bits per heavy atom. The Bertz CT molecular complexity index is 538. The fourth-order valence-electron chi connectivity index (χ4n) is 1.06. The molecule has 0 atom stereocenters. The fraction of sp³-hybridized carbons (Fsp3) is 0. The van der Waals surface area contributed by atoms with Crippen molar-refractivity contribution in [1.82, 2.24) is 10.6 Å². The highest BCUT2D eigenvalue weighted by Gasteiger charge is 2.18. The van der Waals surface area contributed by atoms with Crippen molar-refractivity contribution in [2.45, 2.75) is 0 Å². The maximum absolute atomic E-state index is 13.4. The molecule has 0 fully saturated rings. The molecule has 4 nitrogen and oxygen atoms in total. The van der Waals surface area contributed by atoms with Crippen LogP contribution in [0.25, 0.3) is 0 Å². The summed E-state index contributed by atoms with van der Waals surface area (Å²) in [6.07, 6.45) is 0. The zero-order valence-corrected chi connectivity index (χ0v) is 12.0. The molecule has 1 aromatic carbocycles. The Kier molecular flexibility index (Phi) is 5.87. The minimum absolute atomic E-state index is 0.137. The predicted octanol–water partition coefficient (Wildman–Crippen LogP) is 3.76. The SMILES string of the molecule is O=C(NC(=O)c1c(F)cccc1Cl)NC(Cl)=C(Cl)Cl. The Balaban J connectivity index is 2.81. The van der Waals surface area contributed by atoms with E-state index in [1.807, 2.05) is 10.6 Å². The lowest BCUT2D eigenvalue weighted by Crippen LogP contribution is -2.38. The number of carbonyl (C=O) groups excluding carboxylic acids is 2. The Morgan fingerprint density at radius 3 is 2.26 bits per heavy atom. The molecule has 0 aromatic heterocycles. The molecule has 0 unspecified atom stereocenters. The van der Waals surface area contributed by atoms with Crippen LogP contribution in [0.5, 0.6) is 0 Å². The Hall–Kier alpha value is -1.01. The first-order chi connectivity index (χ1) is 8.82. The van der Waals surface area contributed by atoms with E-state index in [0.29, 0.717) is 0 Å². The highest BCUT2D eigenvalue weighted by atomic mass is 35.5. The summed E-state index contributed by atoms with van der Waals surface area (Å²) in [6, 6.07) is 2.62. The third kappa shape index (κ3) is 4.54. The second-order valence-electron chi connectivity index (χ2n) is 3.08. The monoisotopic (exact) mass is 344 g/mol. The minimum Gasteiger partial charge on any atom is -0.296 e. The minimum atomic E-state index is -1.03. The predicted molar refractivity (Wildman–Crippen MR) is 72.0 cm³/mol. The van der Waals surface area contributed by atoms with Gasteiger partial charge in [0.05, 0.1) is 10.6 Å². The van der Waals surface area contributed by atoms with Crippen LogP contribution in [0.4, 0.5) is 9.18 Å². The number of amides is 3. The second-order valence-corrected chi connectivity index (χ2v) is 4.81. The van der Waals surface area contributed by atoms with Crippen LogP contribution in [0.1, 0.15) is 10.4 Å². The summed E-state index contributed by atoms with van der Waals surface area (Å²) in [5.41, 5.74) is -0.462. The molecule has 102 valence electrons. The van der Waals surface area contributed by atoms with Gasteiger partial charge >= 0.3 is 6.03 Å². The van der Waals surface area contributed by atoms with Crippen LogP contribution in [0.3, 0.4) is 0 Å². The van der Waals surface area contributed by atoms with Gasteiger partial charge < -0.3 is 0 Å². The lowest BCUT2D eigenvalue weighted by Gasteiger charge is -2.07. The molecular weight excluding hydrogens is 341 g/mol. The first-order valence-corrected chi connectivity index (χ1v) is 6.11. The van der Waals surface area contributed by atoms with E-state index < -0.39 is 27.8 Å². The molecular formula is C10H5Cl4FN2O2. The number of carbonyl (C=O) groups is 2. The quantitative estimate of drug-likeness (QED) is 0.802. The van der Waals surface area contributed by atoms with Gasteiger partial charge in [0.15, 0.2) is 0 Å². The van der Waals surface area contributed by atoms with Gasteiger partial charge in [-0.05, 0) is 12.1 Å². The van der Waals surface area contributed by atoms with E-state index in [2.05, 4.69) is 0 Å². The third-order valence-electron chi connectivity index (χ3n) is 1.81. The zero-order valence-electron chi connectivity index (χ0n) is 8.94. The average molecular weight is 346 g/mol. The topological polar surface area (TPSA) is 58.2 Å². The first-order valence-electron chi connectivity index (χ1n) is 4.60. The van der Waals surface area contributed by atoms with Crippen molar-refractivity contribution in [3.8, 4) is 0 Å². The van der Waals surface area contributed by atoms with Crippen LogP contribution >= 0.6 is 46.4 Å². The van der Waals surface area contributed by atoms with Gasteiger partial charge in [0, 0.05) is 0 Å². The third-order valence-corrected chi connectivity index (χ3v) is 2.98. The van der Waals surface area contributed by atoms with Crippen LogP contribution in [0.15, 0.2) is 27.8 Å². The summed E-state index contributed by atoms with van der Waals surface area (Å²) >= 11 is 21.7. The zero-order chi connectivity index (χ0) is 14.6. The number of imide groups is 1. The number of benzene rings is 1. The van der Waals surface area contributed by atoms with Crippen molar-refractivity contribution < 1.29 is 14.0 Å². The largest absolute Gasteiger partial charge is 0.326 e. The molecule has 19 heavy (non-hydrogen) atoms. The molecule has 0 heterocycles. The average Bonchev–Trinajstić information content (AvgIpc) is 2.27. The van der Waals surface area contributed by atoms with Crippen molar-refractivity contribution in [1.29, 1.82) is 0 Å². The molecule has 1 aromatic rings. The number of urea groups is 1. The smallest absolute Gasteiger partial charge is 0.296 e. The van der Waals surface area contributed by atoms with Gasteiger partial charge in [-0.3, -0.25) is 15.4 Å². The maximum Gasteiger partial charge on any atom is 0.326 e. The molecule has 0 spiro atoms.